The minimum absolute atomic E-state index is 0.113. The topological polar surface area (TPSA) is 55.8 Å². The van der Waals surface area contributed by atoms with Crippen molar-refractivity contribution in [2.45, 2.75) is 83.8 Å². The Kier molecular flexibility index (Phi) is 4.96. The van der Waals surface area contributed by atoms with Gasteiger partial charge >= 0.3 is 6.16 Å². The van der Waals surface area contributed by atoms with Crippen LogP contribution >= 0.6 is 0 Å². The van der Waals surface area contributed by atoms with E-state index >= 15 is 0 Å². The molecule has 0 aromatic heterocycles. The molecule has 27 heavy (non-hydrogen) atoms. The first-order valence-corrected chi connectivity index (χ1v) is 10.6. The largest absolute Gasteiger partial charge is 0.514 e. The summed E-state index contributed by atoms with van der Waals surface area (Å²) in [5.74, 6) is 2.48. The van der Waals surface area contributed by atoms with Crippen LogP contribution in [0, 0.1) is 17.3 Å². The number of hydrogen-bond acceptors (Lipinski definition) is 4. The van der Waals surface area contributed by atoms with Gasteiger partial charge in [0.1, 0.15) is 11.9 Å². The van der Waals surface area contributed by atoms with Gasteiger partial charge in [-0.15, -0.1) is 0 Å². The summed E-state index contributed by atoms with van der Waals surface area (Å²) in [6, 6.07) is 6.10. The molecule has 3 aliphatic rings. The third kappa shape index (κ3) is 3.26. The first-order chi connectivity index (χ1) is 12.9. The Labute approximate surface area is 162 Å². The number of aliphatic hydroxyl groups excluding tert-OH is 1. The van der Waals surface area contributed by atoms with E-state index in [9.17, 15) is 9.90 Å². The fourth-order valence-electron chi connectivity index (χ4n) is 5.96. The highest BCUT2D eigenvalue weighted by atomic mass is 16.7. The average Bonchev–Trinajstić information content (AvgIpc) is 2.96. The molecule has 1 N–H and O–H groups in total. The number of rotatable bonds is 3. The highest BCUT2D eigenvalue weighted by Gasteiger charge is 2.54. The number of fused-ring (bicyclic) bond motifs is 5. The molecule has 0 saturated heterocycles. The molecule has 4 heteroatoms. The third-order valence-corrected chi connectivity index (χ3v) is 7.72. The molecular formula is C23H32O4. The van der Waals surface area contributed by atoms with Crippen molar-refractivity contribution in [1.82, 2.24) is 0 Å². The second-order valence-electron chi connectivity index (χ2n) is 9.10. The Bertz CT molecular complexity index is 714. The lowest BCUT2D eigenvalue weighted by Gasteiger charge is -2.50. The molecule has 4 nitrogen and oxygen atoms in total. The summed E-state index contributed by atoms with van der Waals surface area (Å²) in [4.78, 5) is 11.9. The number of ether oxygens (including phenoxy) is 2. The van der Waals surface area contributed by atoms with Crippen molar-refractivity contribution in [2.24, 2.45) is 17.3 Å². The van der Waals surface area contributed by atoms with Crippen molar-refractivity contribution in [3.63, 3.8) is 0 Å². The standard InChI is InChI=1S/C23H32O4/c1-4-14(2)26-22(25)27-16-6-8-17-15(13-16)5-7-19-18(17)11-12-23(3)20(19)9-10-21(23)24/h6,8,13-14,18-21,24H,4-5,7,9-12H2,1-3H3. The molecule has 1 aromatic rings. The van der Waals surface area contributed by atoms with E-state index in [1.165, 1.54) is 17.5 Å². The summed E-state index contributed by atoms with van der Waals surface area (Å²) in [6.45, 7) is 6.15. The molecule has 2 saturated carbocycles. The molecular weight excluding hydrogens is 340 g/mol. The zero-order chi connectivity index (χ0) is 19.2. The minimum atomic E-state index is -0.619. The summed E-state index contributed by atoms with van der Waals surface area (Å²) >= 11 is 0. The van der Waals surface area contributed by atoms with Gasteiger partial charge in [-0.2, -0.15) is 0 Å². The van der Waals surface area contributed by atoms with E-state index in [-0.39, 0.29) is 17.6 Å². The number of carbonyl (C=O) groups is 1. The van der Waals surface area contributed by atoms with Crippen LogP contribution < -0.4 is 4.74 Å². The van der Waals surface area contributed by atoms with Gasteiger partial charge in [0.15, 0.2) is 0 Å². The normalized spacial score (nSPS) is 35.6. The van der Waals surface area contributed by atoms with Crippen molar-refractivity contribution in [2.75, 3.05) is 0 Å². The van der Waals surface area contributed by atoms with Crippen molar-refractivity contribution < 1.29 is 19.4 Å². The molecule has 0 spiro atoms. The van der Waals surface area contributed by atoms with Gasteiger partial charge < -0.3 is 14.6 Å². The maximum Gasteiger partial charge on any atom is 0.514 e. The Morgan fingerprint density at radius 3 is 2.89 bits per heavy atom. The second-order valence-corrected chi connectivity index (χ2v) is 9.10. The highest BCUT2D eigenvalue weighted by Crippen LogP contribution is 2.60. The molecule has 0 aliphatic heterocycles. The van der Waals surface area contributed by atoms with Crippen LogP contribution in [0.3, 0.4) is 0 Å². The number of aryl methyl sites for hydroxylation is 1. The van der Waals surface area contributed by atoms with Gasteiger partial charge in [0.25, 0.3) is 0 Å². The number of benzene rings is 1. The third-order valence-electron chi connectivity index (χ3n) is 7.72. The van der Waals surface area contributed by atoms with Crippen LogP contribution in [0.5, 0.6) is 5.75 Å². The van der Waals surface area contributed by atoms with E-state index in [0.717, 1.165) is 38.5 Å². The lowest BCUT2D eigenvalue weighted by Crippen LogP contribution is -2.43. The van der Waals surface area contributed by atoms with Gasteiger partial charge in [-0.3, -0.25) is 0 Å². The molecule has 0 bridgehead atoms. The Morgan fingerprint density at radius 2 is 2.11 bits per heavy atom. The second kappa shape index (κ2) is 7.12. The summed E-state index contributed by atoms with van der Waals surface area (Å²) in [5.41, 5.74) is 2.85. The fourth-order valence-corrected chi connectivity index (χ4v) is 5.96. The molecule has 0 radical (unpaired) electrons. The van der Waals surface area contributed by atoms with E-state index in [2.05, 4.69) is 13.0 Å². The molecule has 0 heterocycles. The minimum Gasteiger partial charge on any atom is -0.431 e. The Morgan fingerprint density at radius 1 is 1.30 bits per heavy atom. The maximum absolute atomic E-state index is 11.9. The van der Waals surface area contributed by atoms with Gasteiger partial charge in [0, 0.05) is 0 Å². The lowest BCUT2D eigenvalue weighted by atomic mass is 9.55. The predicted octanol–water partition coefficient (Wildman–Crippen LogP) is 5.22. The van der Waals surface area contributed by atoms with Gasteiger partial charge in [-0.25, -0.2) is 4.79 Å². The molecule has 0 amide bonds. The Hall–Kier alpha value is -1.55. The van der Waals surface area contributed by atoms with Crippen molar-refractivity contribution >= 4 is 6.16 Å². The highest BCUT2D eigenvalue weighted by molar-refractivity contribution is 5.64. The smallest absolute Gasteiger partial charge is 0.431 e. The molecule has 6 atom stereocenters. The fraction of sp³-hybridized carbons (Fsp3) is 0.696. The van der Waals surface area contributed by atoms with Gasteiger partial charge in [0.05, 0.1) is 6.10 Å². The molecule has 3 aliphatic carbocycles. The van der Waals surface area contributed by atoms with Crippen LogP contribution in [0.1, 0.15) is 76.3 Å². The van der Waals surface area contributed by atoms with Crippen LogP contribution in [-0.4, -0.2) is 23.5 Å². The maximum atomic E-state index is 11.9. The number of aliphatic hydroxyl groups is 1. The van der Waals surface area contributed by atoms with E-state index in [1.54, 1.807) is 0 Å². The van der Waals surface area contributed by atoms with Crippen molar-refractivity contribution in [3.8, 4) is 5.75 Å². The lowest BCUT2D eigenvalue weighted by molar-refractivity contribution is -0.0226. The van der Waals surface area contributed by atoms with E-state index in [4.69, 9.17) is 9.47 Å². The summed E-state index contributed by atoms with van der Waals surface area (Å²) in [5, 5.41) is 10.5. The first-order valence-electron chi connectivity index (χ1n) is 10.6. The van der Waals surface area contributed by atoms with Crippen LogP contribution in [0.2, 0.25) is 0 Å². The van der Waals surface area contributed by atoms with Gasteiger partial charge in [-0.1, -0.05) is 19.9 Å². The van der Waals surface area contributed by atoms with Crippen LogP contribution in [0.25, 0.3) is 0 Å². The molecule has 6 unspecified atom stereocenters. The van der Waals surface area contributed by atoms with Crippen LogP contribution in [-0.2, 0) is 11.2 Å². The van der Waals surface area contributed by atoms with E-state index in [0.29, 0.717) is 23.5 Å². The monoisotopic (exact) mass is 372 g/mol. The van der Waals surface area contributed by atoms with Crippen molar-refractivity contribution in [3.05, 3.63) is 29.3 Å². The molecule has 4 rings (SSSR count). The average molecular weight is 373 g/mol. The van der Waals surface area contributed by atoms with E-state index < -0.39 is 6.16 Å². The van der Waals surface area contributed by atoms with Crippen LogP contribution in [0.4, 0.5) is 4.79 Å². The van der Waals surface area contributed by atoms with E-state index in [1.807, 2.05) is 26.0 Å². The first kappa shape index (κ1) is 18.8. The number of hydrogen-bond donors (Lipinski definition) is 1. The number of carbonyl (C=O) groups excluding carboxylic acids is 1. The molecule has 148 valence electrons. The predicted molar refractivity (Wildman–Crippen MR) is 104 cm³/mol. The summed E-state index contributed by atoms with van der Waals surface area (Å²) in [7, 11) is 0. The van der Waals surface area contributed by atoms with Gasteiger partial charge in [-0.05, 0) is 98.3 Å². The van der Waals surface area contributed by atoms with Gasteiger partial charge in [0.2, 0.25) is 0 Å². The van der Waals surface area contributed by atoms with Crippen molar-refractivity contribution in [1.29, 1.82) is 0 Å². The summed E-state index contributed by atoms with van der Waals surface area (Å²) in [6.07, 6.45) is 6.48. The zero-order valence-corrected chi connectivity index (χ0v) is 16.7. The molecule has 1 aromatic carbocycles. The van der Waals surface area contributed by atoms with Crippen LogP contribution in [0.15, 0.2) is 18.2 Å². The molecule has 2 fully saturated rings. The SMILES string of the molecule is CCC(C)OC(=O)Oc1ccc2c(c1)CCC1C2CCC2(C)C(O)CCC12. The summed E-state index contributed by atoms with van der Waals surface area (Å²) < 4.78 is 10.6. The Balaban J connectivity index is 1.50. The zero-order valence-electron chi connectivity index (χ0n) is 16.7. The quantitative estimate of drug-likeness (QED) is 0.584.